The largest absolute Gasteiger partial charge is 0.397 e. The van der Waals surface area contributed by atoms with Gasteiger partial charge in [0.05, 0.1) is 5.69 Å². The smallest absolute Gasteiger partial charge is 0.266 e. The van der Waals surface area contributed by atoms with Gasteiger partial charge in [-0.25, -0.2) is 4.98 Å². The number of nitrogens with two attached hydrogens (primary N) is 2. The fourth-order valence-electron chi connectivity index (χ4n) is 4.01. The Kier molecular flexibility index (Phi) is 4.56. The van der Waals surface area contributed by atoms with Gasteiger partial charge in [-0.3, -0.25) is 9.59 Å². The molecule has 2 aromatic heterocycles. The van der Waals surface area contributed by atoms with Crippen molar-refractivity contribution in [3.05, 3.63) is 22.2 Å². The summed E-state index contributed by atoms with van der Waals surface area (Å²) in [5.74, 6) is -0.455. The van der Waals surface area contributed by atoms with Crippen molar-refractivity contribution in [1.29, 1.82) is 0 Å². The number of nitrogens with zero attached hydrogens (tertiary/aromatic N) is 2. The average molecular weight is 372 g/mol. The number of primary amides is 1. The van der Waals surface area contributed by atoms with Crippen LogP contribution in [-0.2, 0) is 17.6 Å². The molecule has 0 bridgehead atoms. The van der Waals surface area contributed by atoms with E-state index in [4.69, 9.17) is 16.5 Å². The number of pyridine rings is 1. The summed E-state index contributed by atoms with van der Waals surface area (Å²) < 4.78 is 0. The van der Waals surface area contributed by atoms with Crippen LogP contribution in [0.1, 0.15) is 53.0 Å². The van der Waals surface area contributed by atoms with E-state index in [0.717, 1.165) is 28.8 Å². The molecule has 4 rings (SSSR count). The van der Waals surface area contributed by atoms with E-state index in [2.05, 4.69) is 6.07 Å². The Morgan fingerprint density at radius 1 is 1.15 bits per heavy atom. The van der Waals surface area contributed by atoms with Crippen LogP contribution in [0, 0.1) is 5.92 Å². The number of aromatic nitrogens is 1. The second-order valence-electron chi connectivity index (χ2n) is 7.32. The molecule has 4 N–H and O–H groups in total. The van der Waals surface area contributed by atoms with Gasteiger partial charge in [0.15, 0.2) is 0 Å². The molecule has 7 heteroatoms. The molecule has 0 radical (unpaired) electrons. The Labute approximate surface area is 156 Å². The molecule has 0 unspecified atom stereocenters. The molecule has 0 saturated carbocycles. The summed E-state index contributed by atoms with van der Waals surface area (Å²) in [5.41, 5.74) is 14.7. The van der Waals surface area contributed by atoms with Crippen molar-refractivity contribution < 1.29 is 9.59 Å². The predicted molar refractivity (Wildman–Crippen MR) is 103 cm³/mol. The summed E-state index contributed by atoms with van der Waals surface area (Å²) in [6.07, 6.45) is 6.89. The highest BCUT2D eigenvalue weighted by molar-refractivity contribution is 7.21. The Morgan fingerprint density at radius 2 is 1.88 bits per heavy atom. The zero-order chi connectivity index (χ0) is 18.3. The second-order valence-corrected chi connectivity index (χ2v) is 8.32. The Bertz CT molecular complexity index is 868. The third-order valence-electron chi connectivity index (χ3n) is 5.63. The number of aryl methyl sites for hydroxylation is 2. The minimum absolute atomic E-state index is 0.0522. The van der Waals surface area contributed by atoms with Gasteiger partial charge in [0, 0.05) is 30.1 Å². The summed E-state index contributed by atoms with van der Waals surface area (Å²) in [6.45, 7) is 1.09. The maximum Gasteiger partial charge on any atom is 0.266 e. The molecule has 1 aliphatic heterocycles. The van der Waals surface area contributed by atoms with Crippen molar-refractivity contribution in [3.63, 3.8) is 0 Å². The van der Waals surface area contributed by atoms with E-state index in [1.807, 2.05) is 0 Å². The topological polar surface area (TPSA) is 102 Å². The molecule has 2 aliphatic rings. The molecule has 0 aromatic carbocycles. The number of likely N-dealkylation sites (tertiary alicyclic amines) is 1. The monoisotopic (exact) mass is 372 g/mol. The lowest BCUT2D eigenvalue weighted by atomic mass is 9.96. The molecule has 3 heterocycles. The minimum Gasteiger partial charge on any atom is -0.397 e. The SMILES string of the molecule is NC(=O)C1CCN(C(=O)c2sc3nc4c(cc3c2N)CCCCC4)CC1. The van der Waals surface area contributed by atoms with Gasteiger partial charge >= 0.3 is 0 Å². The number of amides is 2. The quantitative estimate of drug-likeness (QED) is 0.791. The molecular formula is C19H24N4O2S. The number of thiophene rings is 1. The van der Waals surface area contributed by atoms with Gasteiger partial charge < -0.3 is 16.4 Å². The molecule has 2 aromatic rings. The van der Waals surface area contributed by atoms with E-state index < -0.39 is 0 Å². The van der Waals surface area contributed by atoms with E-state index in [9.17, 15) is 9.59 Å². The van der Waals surface area contributed by atoms with Gasteiger partial charge in [-0.1, -0.05) is 6.42 Å². The Hall–Kier alpha value is -2.15. The van der Waals surface area contributed by atoms with Gasteiger partial charge in [0.1, 0.15) is 9.71 Å². The highest BCUT2D eigenvalue weighted by atomic mass is 32.1. The van der Waals surface area contributed by atoms with E-state index >= 15 is 0 Å². The fraction of sp³-hybridized carbons (Fsp3) is 0.526. The maximum absolute atomic E-state index is 13.0. The summed E-state index contributed by atoms with van der Waals surface area (Å²) in [6, 6.07) is 2.14. The van der Waals surface area contributed by atoms with Crippen molar-refractivity contribution in [2.24, 2.45) is 11.7 Å². The first-order chi connectivity index (χ1) is 12.5. The van der Waals surface area contributed by atoms with Crippen LogP contribution in [-0.4, -0.2) is 34.8 Å². The molecule has 138 valence electrons. The lowest BCUT2D eigenvalue weighted by molar-refractivity contribution is -0.123. The number of nitrogen functional groups attached to an aromatic ring is 1. The first-order valence-corrected chi connectivity index (χ1v) is 10.2. The third-order valence-corrected chi connectivity index (χ3v) is 6.73. The Morgan fingerprint density at radius 3 is 2.62 bits per heavy atom. The lowest BCUT2D eigenvalue weighted by Crippen LogP contribution is -2.41. The van der Waals surface area contributed by atoms with Gasteiger partial charge in [-0.05, 0) is 50.2 Å². The van der Waals surface area contributed by atoms with Crippen LogP contribution in [0.2, 0.25) is 0 Å². The van der Waals surface area contributed by atoms with Crippen LogP contribution in [0.3, 0.4) is 0 Å². The number of anilines is 1. The van der Waals surface area contributed by atoms with Gasteiger partial charge in [0.2, 0.25) is 5.91 Å². The second kappa shape index (κ2) is 6.87. The molecule has 0 atom stereocenters. The van der Waals surface area contributed by atoms with Crippen LogP contribution in [0.25, 0.3) is 10.2 Å². The molecule has 1 fully saturated rings. The lowest BCUT2D eigenvalue weighted by Gasteiger charge is -2.30. The number of hydrogen-bond acceptors (Lipinski definition) is 5. The van der Waals surface area contributed by atoms with Crippen molar-refractivity contribution in [1.82, 2.24) is 9.88 Å². The normalized spacial score (nSPS) is 18.5. The molecule has 2 amide bonds. The van der Waals surface area contributed by atoms with E-state index in [-0.39, 0.29) is 17.7 Å². The standard InChI is InChI=1S/C19H24N4O2S/c20-15-13-10-12-4-2-1-3-5-14(12)22-18(13)26-16(15)19(25)23-8-6-11(7-9-23)17(21)24/h10-11H,1-9,20H2,(H2,21,24). The fourth-order valence-corrected chi connectivity index (χ4v) is 5.07. The van der Waals surface area contributed by atoms with E-state index in [1.54, 1.807) is 4.90 Å². The Balaban J connectivity index is 1.61. The van der Waals surface area contributed by atoms with Gasteiger partial charge in [-0.15, -0.1) is 11.3 Å². The highest BCUT2D eigenvalue weighted by Gasteiger charge is 2.29. The van der Waals surface area contributed by atoms with Gasteiger partial charge in [-0.2, -0.15) is 0 Å². The van der Waals surface area contributed by atoms with Crippen molar-refractivity contribution in [2.75, 3.05) is 18.8 Å². The van der Waals surface area contributed by atoms with Crippen molar-refractivity contribution in [3.8, 4) is 0 Å². The highest BCUT2D eigenvalue weighted by Crippen LogP contribution is 2.36. The number of hydrogen-bond donors (Lipinski definition) is 2. The number of piperidine rings is 1. The zero-order valence-electron chi connectivity index (χ0n) is 14.8. The molecular weight excluding hydrogens is 348 g/mol. The average Bonchev–Trinajstić information content (AvgIpc) is 2.82. The molecule has 1 aliphatic carbocycles. The van der Waals surface area contributed by atoms with Crippen LogP contribution >= 0.6 is 11.3 Å². The van der Waals surface area contributed by atoms with Gasteiger partial charge in [0.25, 0.3) is 5.91 Å². The number of carbonyl (C=O) groups excluding carboxylic acids is 2. The van der Waals surface area contributed by atoms with Crippen LogP contribution in [0.5, 0.6) is 0 Å². The molecule has 6 nitrogen and oxygen atoms in total. The first-order valence-electron chi connectivity index (χ1n) is 9.34. The third kappa shape index (κ3) is 3.05. The van der Waals surface area contributed by atoms with Crippen molar-refractivity contribution in [2.45, 2.75) is 44.9 Å². The van der Waals surface area contributed by atoms with E-state index in [1.165, 1.54) is 36.2 Å². The maximum atomic E-state index is 13.0. The predicted octanol–water partition coefficient (Wildman–Crippen LogP) is 2.48. The number of carbonyl (C=O) groups is 2. The van der Waals surface area contributed by atoms with Crippen LogP contribution in [0.15, 0.2) is 6.07 Å². The summed E-state index contributed by atoms with van der Waals surface area (Å²) in [5, 5.41) is 0.908. The summed E-state index contributed by atoms with van der Waals surface area (Å²) in [4.78, 5) is 32.3. The molecule has 1 saturated heterocycles. The van der Waals surface area contributed by atoms with Crippen LogP contribution < -0.4 is 11.5 Å². The first kappa shape index (κ1) is 17.3. The minimum atomic E-state index is -0.274. The van der Waals surface area contributed by atoms with Crippen LogP contribution in [0.4, 0.5) is 5.69 Å². The summed E-state index contributed by atoms with van der Waals surface area (Å²) in [7, 11) is 0. The number of fused-ring (bicyclic) bond motifs is 2. The number of rotatable bonds is 2. The molecule has 26 heavy (non-hydrogen) atoms. The zero-order valence-corrected chi connectivity index (χ0v) is 15.6. The van der Waals surface area contributed by atoms with E-state index in [0.29, 0.717) is 36.5 Å². The van der Waals surface area contributed by atoms with Crippen molar-refractivity contribution >= 4 is 39.1 Å². The molecule has 0 spiro atoms. The summed E-state index contributed by atoms with van der Waals surface area (Å²) >= 11 is 1.39.